The number of aromatic amines is 1. The fourth-order valence-corrected chi connectivity index (χ4v) is 4.36. The van der Waals surface area contributed by atoms with Crippen LogP contribution in [0.1, 0.15) is 35.6 Å². The van der Waals surface area contributed by atoms with Crippen LogP contribution in [-0.4, -0.2) is 61.1 Å². The van der Waals surface area contributed by atoms with E-state index in [0.29, 0.717) is 48.4 Å². The van der Waals surface area contributed by atoms with Gasteiger partial charge in [0.2, 0.25) is 6.10 Å². The lowest BCUT2D eigenvalue weighted by molar-refractivity contribution is -0.147. The number of nitrogens with zero attached hydrogens (tertiary/aromatic N) is 3. The second-order valence-electron chi connectivity index (χ2n) is 8.80. The number of phenolic OH excluding ortho intramolecular Hbond substituents is 1. The van der Waals surface area contributed by atoms with Gasteiger partial charge in [-0.05, 0) is 43.4 Å². The van der Waals surface area contributed by atoms with Gasteiger partial charge in [0.15, 0.2) is 5.82 Å². The van der Waals surface area contributed by atoms with Crippen LogP contribution in [0.25, 0.3) is 11.4 Å². The highest BCUT2D eigenvalue weighted by Gasteiger charge is 2.30. The van der Waals surface area contributed by atoms with Gasteiger partial charge in [-0.15, -0.1) is 5.10 Å². The van der Waals surface area contributed by atoms with E-state index in [1.807, 2.05) is 30.3 Å². The molecule has 184 valence electrons. The molecule has 10 nitrogen and oxygen atoms in total. The molecule has 1 saturated heterocycles. The lowest BCUT2D eigenvalue weighted by Crippen LogP contribution is -2.43. The van der Waals surface area contributed by atoms with E-state index in [1.54, 1.807) is 26.0 Å². The van der Waals surface area contributed by atoms with Crippen molar-refractivity contribution in [2.45, 2.75) is 45.3 Å². The van der Waals surface area contributed by atoms with Gasteiger partial charge in [0.1, 0.15) is 5.75 Å². The van der Waals surface area contributed by atoms with Gasteiger partial charge in [0.25, 0.3) is 0 Å². The van der Waals surface area contributed by atoms with Crippen molar-refractivity contribution in [2.75, 3.05) is 13.1 Å². The van der Waals surface area contributed by atoms with E-state index in [1.165, 1.54) is 9.58 Å². The predicted octanol–water partition coefficient (Wildman–Crippen LogP) is 3.03. The Labute approximate surface area is 201 Å². The molecule has 0 saturated carbocycles. The number of carbonyl (C=O) groups is 2. The molecule has 0 aliphatic carbocycles. The third-order valence-electron chi connectivity index (χ3n) is 6.25. The summed E-state index contributed by atoms with van der Waals surface area (Å²) in [6.07, 6.45) is -1.09. The van der Waals surface area contributed by atoms with Crippen LogP contribution in [-0.2, 0) is 16.0 Å². The first-order chi connectivity index (χ1) is 16.7. The number of ether oxygens (including phenoxy) is 1. The van der Waals surface area contributed by atoms with Gasteiger partial charge >= 0.3 is 17.8 Å². The number of aromatic hydroxyl groups is 1. The summed E-state index contributed by atoms with van der Waals surface area (Å²) in [5.41, 5.74) is 2.41. The highest BCUT2D eigenvalue weighted by atomic mass is 16.6. The molecule has 1 aliphatic heterocycles. The van der Waals surface area contributed by atoms with Gasteiger partial charge in [-0.1, -0.05) is 42.5 Å². The highest BCUT2D eigenvalue weighted by Crippen LogP contribution is 2.25. The largest absolute Gasteiger partial charge is 0.507 e. The molecule has 2 heterocycles. The van der Waals surface area contributed by atoms with Crippen molar-refractivity contribution >= 4 is 12.1 Å². The van der Waals surface area contributed by atoms with E-state index < -0.39 is 18.2 Å². The summed E-state index contributed by atoms with van der Waals surface area (Å²) in [4.78, 5) is 41.1. The molecule has 0 bridgehead atoms. The van der Waals surface area contributed by atoms with E-state index >= 15 is 0 Å². The number of hydrogen-bond acceptors (Lipinski definition) is 6. The fourth-order valence-electron chi connectivity index (χ4n) is 4.36. The maximum absolute atomic E-state index is 12.7. The first-order valence-electron chi connectivity index (χ1n) is 11.4. The minimum atomic E-state index is -1.36. The van der Waals surface area contributed by atoms with Crippen LogP contribution in [0.4, 0.5) is 4.79 Å². The van der Waals surface area contributed by atoms with Gasteiger partial charge in [-0.25, -0.2) is 19.1 Å². The molecule has 10 heteroatoms. The van der Waals surface area contributed by atoms with Crippen molar-refractivity contribution in [3.63, 3.8) is 0 Å². The summed E-state index contributed by atoms with van der Waals surface area (Å²) in [5, 5.41) is 24.0. The van der Waals surface area contributed by atoms with Gasteiger partial charge < -0.3 is 19.8 Å². The zero-order chi connectivity index (χ0) is 25.1. The van der Waals surface area contributed by atoms with Crippen LogP contribution in [0.3, 0.4) is 0 Å². The number of hydrogen-bond donors (Lipinski definition) is 3. The number of nitrogens with one attached hydrogen (secondary N) is 1. The zero-order valence-corrected chi connectivity index (χ0v) is 19.6. The second kappa shape index (κ2) is 10.0. The molecule has 1 atom stereocenters. The molecule has 1 aromatic heterocycles. The number of carbonyl (C=O) groups excluding carboxylic acids is 1. The third-order valence-corrected chi connectivity index (χ3v) is 6.25. The Bertz CT molecular complexity index is 1250. The number of aromatic nitrogens is 3. The Balaban J connectivity index is 1.37. The van der Waals surface area contributed by atoms with Gasteiger partial charge in [0, 0.05) is 25.1 Å². The Morgan fingerprint density at radius 1 is 1.14 bits per heavy atom. The summed E-state index contributed by atoms with van der Waals surface area (Å²) in [6.45, 7) is 4.08. The topological polar surface area (TPSA) is 138 Å². The number of aliphatic carboxylic acids is 1. The normalized spacial score (nSPS) is 15.1. The number of benzene rings is 2. The van der Waals surface area contributed by atoms with Crippen LogP contribution in [0, 0.1) is 13.8 Å². The van der Waals surface area contributed by atoms with Gasteiger partial charge in [-0.3, -0.25) is 4.98 Å². The molecule has 0 spiro atoms. The standard InChI is InChI=1S/C25H28N4O6/c1-15-12-17(13-16(2)21(15)30)14-20(23(31)32)35-25(34)28-10-8-19(9-11-28)29-24(33)26-22(27-29)18-6-4-3-5-7-18/h3-7,12-13,19-20,30H,8-11,14H2,1-2H3,(H,31,32)(H,26,27,33)/t20-/m1/s1. The number of carboxylic acid groups (broad SMARTS) is 1. The number of amides is 1. The van der Waals surface area contributed by atoms with E-state index in [9.17, 15) is 24.6 Å². The minimum Gasteiger partial charge on any atom is -0.507 e. The molecular weight excluding hydrogens is 452 g/mol. The van der Waals surface area contributed by atoms with Crippen LogP contribution in [0.15, 0.2) is 47.3 Å². The van der Waals surface area contributed by atoms with Crippen molar-refractivity contribution in [3.8, 4) is 17.1 Å². The fraction of sp³-hybridized carbons (Fsp3) is 0.360. The average molecular weight is 481 g/mol. The van der Waals surface area contributed by atoms with Crippen molar-refractivity contribution in [3.05, 3.63) is 69.6 Å². The lowest BCUT2D eigenvalue weighted by Gasteiger charge is -2.31. The monoisotopic (exact) mass is 480 g/mol. The predicted molar refractivity (Wildman–Crippen MR) is 127 cm³/mol. The van der Waals surface area contributed by atoms with Crippen LogP contribution < -0.4 is 5.69 Å². The number of likely N-dealkylation sites (tertiary alicyclic amines) is 1. The van der Waals surface area contributed by atoms with Crippen LogP contribution in [0.5, 0.6) is 5.75 Å². The van der Waals surface area contributed by atoms with Gasteiger partial charge in [-0.2, -0.15) is 0 Å². The number of piperidine rings is 1. The maximum atomic E-state index is 12.7. The molecule has 3 N–H and O–H groups in total. The molecule has 0 radical (unpaired) electrons. The summed E-state index contributed by atoms with van der Waals surface area (Å²) in [5.74, 6) is -0.595. The Morgan fingerprint density at radius 3 is 2.37 bits per heavy atom. The zero-order valence-electron chi connectivity index (χ0n) is 19.6. The molecule has 35 heavy (non-hydrogen) atoms. The number of phenols is 1. The Hall–Kier alpha value is -4.08. The van der Waals surface area contributed by atoms with E-state index in [2.05, 4.69) is 10.1 Å². The van der Waals surface area contributed by atoms with E-state index in [0.717, 1.165) is 5.56 Å². The second-order valence-corrected chi connectivity index (χ2v) is 8.80. The molecule has 2 aromatic carbocycles. The summed E-state index contributed by atoms with van der Waals surface area (Å²) in [7, 11) is 0. The summed E-state index contributed by atoms with van der Waals surface area (Å²) < 4.78 is 6.74. The number of rotatable bonds is 6. The quantitative estimate of drug-likeness (QED) is 0.493. The average Bonchev–Trinajstić information content (AvgIpc) is 3.24. The van der Waals surface area contributed by atoms with Crippen molar-refractivity contribution in [1.82, 2.24) is 19.7 Å². The SMILES string of the molecule is Cc1cc(C[C@@H](OC(=O)N2CCC(n3nc(-c4ccccc4)[nH]c3=O)CC2)C(=O)O)cc(C)c1O. The van der Waals surface area contributed by atoms with Crippen molar-refractivity contribution in [1.29, 1.82) is 0 Å². The van der Waals surface area contributed by atoms with Crippen molar-refractivity contribution < 1.29 is 24.5 Å². The molecule has 4 rings (SSSR count). The molecule has 1 amide bonds. The van der Waals surface area contributed by atoms with Crippen molar-refractivity contribution in [2.24, 2.45) is 0 Å². The molecule has 1 fully saturated rings. The first-order valence-corrected chi connectivity index (χ1v) is 11.4. The van der Waals surface area contributed by atoms with E-state index in [4.69, 9.17) is 4.74 Å². The summed E-state index contributed by atoms with van der Waals surface area (Å²) >= 11 is 0. The Kier molecular flexibility index (Phi) is 6.90. The molecule has 3 aromatic rings. The molecular formula is C25H28N4O6. The van der Waals surface area contributed by atoms with Gasteiger partial charge in [0.05, 0.1) is 6.04 Å². The Morgan fingerprint density at radius 2 is 1.77 bits per heavy atom. The van der Waals surface area contributed by atoms with Crippen LogP contribution in [0.2, 0.25) is 0 Å². The number of aryl methyl sites for hydroxylation is 2. The van der Waals surface area contributed by atoms with Crippen LogP contribution >= 0.6 is 0 Å². The first kappa shape index (κ1) is 24.1. The van der Waals surface area contributed by atoms with E-state index in [-0.39, 0.29) is 23.9 Å². The summed E-state index contributed by atoms with van der Waals surface area (Å²) in [6, 6.07) is 12.5. The smallest absolute Gasteiger partial charge is 0.410 e. The highest BCUT2D eigenvalue weighted by molar-refractivity contribution is 5.77. The number of carboxylic acids is 1. The molecule has 0 unspecified atom stereocenters. The maximum Gasteiger partial charge on any atom is 0.410 e. The lowest BCUT2D eigenvalue weighted by atomic mass is 10.0. The molecule has 1 aliphatic rings. The number of H-pyrrole nitrogens is 1. The minimum absolute atomic E-state index is 0.00950. The third kappa shape index (κ3) is 5.37.